The third kappa shape index (κ3) is 5.54. The number of carbonyl (C=O) groups is 2. The summed E-state index contributed by atoms with van der Waals surface area (Å²) in [5, 5.41) is 6.57. The van der Waals surface area contributed by atoms with Crippen molar-refractivity contribution in [3.05, 3.63) is 83.4 Å². The van der Waals surface area contributed by atoms with Crippen LogP contribution in [0.2, 0.25) is 0 Å². The second-order valence-corrected chi connectivity index (χ2v) is 8.98. The van der Waals surface area contributed by atoms with Crippen LogP contribution in [0.15, 0.2) is 60.9 Å². The lowest BCUT2D eigenvalue weighted by molar-refractivity contribution is 0.0932. The Kier molecular flexibility index (Phi) is 7.33. The molecule has 0 bridgehead atoms. The first-order chi connectivity index (χ1) is 17.2. The lowest BCUT2D eigenvalue weighted by Gasteiger charge is -2.18. The van der Waals surface area contributed by atoms with Gasteiger partial charge in [0.1, 0.15) is 17.2 Å². The molecule has 2 heterocycles. The van der Waals surface area contributed by atoms with Crippen LogP contribution in [0, 0.1) is 5.82 Å². The predicted octanol–water partition coefficient (Wildman–Crippen LogP) is 4.88. The molecule has 0 saturated heterocycles. The number of fused-ring (bicyclic) bond motifs is 1. The van der Waals surface area contributed by atoms with E-state index in [0.717, 1.165) is 16.6 Å². The van der Waals surface area contributed by atoms with E-state index in [2.05, 4.69) is 20.6 Å². The number of halogens is 1. The lowest BCUT2D eigenvalue weighted by atomic mass is 9.99. The van der Waals surface area contributed by atoms with Gasteiger partial charge in [-0.05, 0) is 86.3 Å². The number of carbonyl (C=O) groups excluding carboxylic acids is 2. The summed E-state index contributed by atoms with van der Waals surface area (Å²) in [7, 11) is 1.49. The van der Waals surface area contributed by atoms with Crippen molar-refractivity contribution in [2.75, 3.05) is 7.05 Å². The van der Waals surface area contributed by atoms with E-state index in [1.165, 1.54) is 19.2 Å². The number of nitrogens with zero attached hydrogens (tertiary/aromatic N) is 1. The van der Waals surface area contributed by atoms with Crippen molar-refractivity contribution in [2.45, 2.75) is 39.3 Å². The number of hydrogen-bond acceptors (Lipinski definition) is 4. The highest BCUT2D eigenvalue weighted by Crippen LogP contribution is 2.29. The number of ether oxygens (including phenoxy) is 1. The number of nitrogens with one attached hydrogen (secondary N) is 3. The monoisotopic (exact) mass is 488 g/mol. The zero-order chi connectivity index (χ0) is 25.8. The normalized spacial score (nSPS) is 11.9. The zero-order valence-electron chi connectivity index (χ0n) is 20.7. The molecule has 0 aliphatic heterocycles. The van der Waals surface area contributed by atoms with E-state index in [4.69, 9.17) is 4.74 Å². The summed E-state index contributed by atoms with van der Waals surface area (Å²) in [5.74, 6) is -0.810. The predicted molar refractivity (Wildman–Crippen MR) is 138 cm³/mol. The van der Waals surface area contributed by atoms with Crippen molar-refractivity contribution in [3.8, 4) is 16.9 Å². The van der Waals surface area contributed by atoms with Crippen LogP contribution in [0.4, 0.5) is 4.39 Å². The molecule has 36 heavy (non-hydrogen) atoms. The van der Waals surface area contributed by atoms with Crippen molar-refractivity contribution < 1.29 is 18.7 Å². The first kappa shape index (κ1) is 24.9. The van der Waals surface area contributed by atoms with Gasteiger partial charge < -0.3 is 20.4 Å². The van der Waals surface area contributed by atoms with Gasteiger partial charge in [0, 0.05) is 36.4 Å². The second kappa shape index (κ2) is 10.6. The van der Waals surface area contributed by atoms with E-state index < -0.39 is 11.7 Å². The minimum absolute atomic E-state index is 0.146. The summed E-state index contributed by atoms with van der Waals surface area (Å²) in [4.78, 5) is 32.9. The molecule has 0 aliphatic rings. The molecule has 3 N–H and O–H groups in total. The molecule has 0 fully saturated rings. The van der Waals surface area contributed by atoms with Gasteiger partial charge in [0.05, 0.1) is 11.7 Å². The van der Waals surface area contributed by atoms with Crippen LogP contribution in [0.1, 0.15) is 47.1 Å². The van der Waals surface area contributed by atoms with Crippen LogP contribution < -0.4 is 15.4 Å². The molecule has 2 amide bonds. The Bertz CT molecular complexity index is 1410. The fourth-order valence-electron chi connectivity index (χ4n) is 4.14. The van der Waals surface area contributed by atoms with Gasteiger partial charge in [-0.1, -0.05) is 6.07 Å². The van der Waals surface area contributed by atoms with Crippen molar-refractivity contribution in [2.24, 2.45) is 0 Å². The van der Waals surface area contributed by atoms with Crippen molar-refractivity contribution in [1.29, 1.82) is 0 Å². The van der Waals surface area contributed by atoms with Crippen molar-refractivity contribution in [3.63, 3.8) is 0 Å². The Morgan fingerprint density at radius 3 is 2.61 bits per heavy atom. The summed E-state index contributed by atoms with van der Waals surface area (Å²) < 4.78 is 20.2. The molecule has 1 unspecified atom stereocenters. The number of aromatic amines is 1. The Morgan fingerprint density at radius 1 is 1.06 bits per heavy atom. The summed E-state index contributed by atoms with van der Waals surface area (Å²) in [6.45, 7) is 5.69. The molecular weight excluding hydrogens is 459 g/mol. The van der Waals surface area contributed by atoms with Crippen LogP contribution in [0.25, 0.3) is 22.2 Å². The molecule has 0 radical (unpaired) electrons. The second-order valence-electron chi connectivity index (χ2n) is 8.98. The summed E-state index contributed by atoms with van der Waals surface area (Å²) in [6.07, 6.45) is 4.10. The number of pyridine rings is 1. The van der Waals surface area contributed by atoms with Gasteiger partial charge in [0.15, 0.2) is 0 Å². The Hall–Kier alpha value is -4.20. The van der Waals surface area contributed by atoms with Gasteiger partial charge in [-0.15, -0.1) is 0 Å². The van der Waals surface area contributed by atoms with Gasteiger partial charge in [0.2, 0.25) is 0 Å². The molecule has 2 aromatic carbocycles. The van der Waals surface area contributed by atoms with Crippen LogP contribution in [-0.4, -0.2) is 41.0 Å². The smallest absolute Gasteiger partial charge is 0.255 e. The highest BCUT2D eigenvalue weighted by Gasteiger charge is 2.19. The molecule has 0 saturated carbocycles. The summed E-state index contributed by atoms with van der Waals surface area (Å²) in [6, 6.07) is 12.9. The molecule has 4 aromatic rings. The Morgan fingerprint density at radius 2 is 1.86 bits per heavy atom. The summed E-state index contributed by atoms with van der Waals surface area (Å²) >= 11 is 0. The Labute approximate surface area is 209 Å². The number of hydrogen-bond donors (Lipinski definition) is 3. The molecule has 4 rings (SSSR count). The zero-order valence-corrected chi connectivity index (χ0v) is 20.7. The number of amides is 2. The molecule has 1 atom stereocenters. The fourth-order valence-corrected chi connectivity index (χ4v) is 4.14. The maximum atomic E-state index is 14.3. The SMILES string of the molecule is CNC(=O)c1cc(F)cc(-c2ccc(OC(C)C)c(C(=O)NC(C)Cc3c[nH]c4ncccc34)c2)c1. The van der Waals surface area contributed by atoms with Crippen LogP contribution >= 0.6 is 0 Å². The highest BCUT2D eigenvalue weighted by molar-refractivity contribution is 5.99. The lowest BCUT2D eigenvalue weighted by Crippen LogP contribution is -2.34. The van der Waals surface area contributed by atoms with E-state index in [0.29, 0.717) is 28.9 Å². The number of rotatable bonds is 8. The molecule has 186 valence electrons. The van der Waals surface area contributed by atoms with Gasteiger partial charge in [0.25, 0.3) is 11.8 Å². The summed E-state index contributed by atoms with van der Waals surface area (Å²) in [5.41, 5.74) is 3.47. The first-order valence-electron chi connectivity index (χ1n) is 11.8. The van der Waals surface area contributed by atoms with Crippen molar-refractivity contribution >= 4 is 22.8 Å². The maximum absolute atomic E-state index is 14.3. The van der Waals surface area contributed by atoms with E-state index in [1.807, 2.05) is 39.1 Å². The molecule has 0 aliphatic carbocycles. The average Bonchev–Trinajstić information content (AvgIpc) is 3.25. The Balaban J connectivity index is 1.62. The van der Waals surface area contributed by atoms with Crippen LogP contribution in [-0.2, 0) is 6.42 Å². The molecular formula is C28H29FN4O3. The number of aromatic nitrogens is 2. The van der Waals surface area contributed by atoms with E-state index in [9.17, 15) is 14.0 Å². The van der Waals surface area contributed by atoms with Gasteiger partial charge in [-0.25, -0.2) is 9.37 Å². The fraction of sp³-hybridized carbons (Fsp3) is 0.250. The van der Waals surface area contributed by atoms with Crippen LogP contribution in [0.5, 0.6) is 5.75 Å². The van der Waals surface area contributed by atoms with Gasteiger partial charge in [-0.2, -0.15) is 0 Å². The standard InChI is InChI=1S/C28H29FN4O3/c1-16(2)36-25-8-7-18(19-11-20(27(34)30-4)13-22(29)12-19)14-24(25)28(35)33-17(3)10-21-15-32-26-23(21)6-5-9-31-26/h5-9,11-17H,10H2,1-4H3,(H,30,34)(H,31,32)(H,33,35). The highest BCUT2D eigenvalue weighted by atomic mass is 19.1. The van der Waals surface area contributed by atoms with Gasteiger partial charge >= 0.3 is 0 Å². The van der Waals surface area contributed by atoms with E-state index in [1.54, 1.807) is 30.5 Å². The molecule has 7 nitrogen and oxygen atoms in total. The van der Waals surface area contributed by atoms with Gasteiger partial charge in [-0.3, -0.25) is 9.59 Å². The molecule has 8 heteroatoms. The third-order valence-electron chi connectivity index (χ3n) is 5.75. The minimum atomic E-state index is -0.540. The van der Waals surface area contributed by atoms with E-state index in [-0.39, 0.29) is 23.6 Å². The number of benzene rings is 2. The first-order valence-corrected chi connectivity index (χ1v) is 11.8. The largest absolute Gasteiger partial charge is 0.490 e. The van der Waals surface area contributed by atoms with Crippen LogP contribution in [0.3, 0.4) is 0 Å². The van der Waals surface area contributed by atoms with E-state index >= 15 is 0 Å². The minimum Gasteiger partial charge on any atom is -0.490 e. The quantitative estimate of drug-likeness (QED) is 0.330. The number of H-pyrrole nitrogens is 1. The topological polar surface area (TPSA) is 96.1 Å². The third-order valence-corrected chi connectivity index (χ3v) is 5.75. The maximum Gasteiger partial charge on any atom is 0.255 e. The molecule has 2 aromatic heterocycles. The molecule has 0 spiro atoms. The average molecular weight is 489 g/mol. The van der Waals surface area contributed by atoms with Crippen molar-refractivity contribution in [1.82, 2.24) is 20.6 Å².